The molecule has 3 heteroatoms. The van der Waals surface area contributed by atoms with Crippen molar-refractivity contribution in [2.75, 3.05) is 14.2 Å². The zero-order valence-electron chi connectivity index (χ0n) is 12.7. The topological polar surface area (TPSA) is 29.5 Å². The van der Waals surface area contributed by atoms with E-state index < -0.39 is 5.54 Å². The molecule has 0 unspecified atom stereocenters. The van der Waals surface area contributed by atoms with Crippen LogP contribution in [0.2, 0.25) is 0 Å². The minimum absolute atomic E-state index is 0.257. The second kappa shape index (κ2) is 6.55. The molecule has 0 aliphatic rings. The van der Waals surface area contributed by atoms with Crippen molar-refractivity contribution in [3.8, 4) is 0 Å². The van der Waals surface area contributed by atoms with Crippen LogP contribution in [0, 0.1) is 0 Å². The van der Waals surface area contributed by atoms with Gasteiger partial charge in [-0.2, -0.15) is 0 Å². The van der Waals surface area contributed by atoms with Gasteiger partial charge in [-0.3, -0.25) is 4.90 Å². The average molecular weight is 283 g/mol. The van der Waals surface area contributed by atoms with E-state index in [0.29, 0.717) is 6.54 Å². The van der Waals surface area contributed by atoms with E-state index in [-0.39, 0.29) is 5.97 Å². The third-order valence-electron chi connectivity index (χ3n) is 3.94. The summed E-state index contributed by atoms with van der Waals surface area (Å²) < 4.78 is 5.05. The normalized spacial score (nSPS) is 13.7. The molecule has 0 N–H and O–H groups in total. The molecule has 0 heterocycles. The van der Waals surface area contributed by atoms with Crippen LogP contribution < -0.4 is 0 Å². The number of rotatable bonds is 5. The zero-order valence-corrected chi connectivity index (χ0v) is 12.7. The van der Waals surface area contributed by atoms with Gasteiger partial charge in [0.25, 0.3) is 0 Å². The molecule has 0 radical (unpaired) electrons. The Labute approximate surface area is 126 Å². The van der Waals surface area contributed by atoms with E-state index in [2.05, 4.69) is 12.1 Å². The van der Waals surface area contributed by atoms with Crippen LogP contribution in [0.15, 0.2) is 60.7 Å². The average Bonchev–Trinajstić information content (AvgIpc) is 2.55. The minimum Gasteiger partial charge on any atom is -0.467 e. The number of ether oxygens (including phenoxy) is 1. The number of likely N-dealkylation sites (N-methyl/N-ethyl adjacent to an activating group) is 1. The number of hydrogen-bond donors (Lipinski definition) is 0. The fourth-order valence-corrected chi connectivity index (χ4v) is 2.47. The number of benzene rings is 2. The van der Waals surface area contributed by atoms with Gasteiger partial charge in [0.1, 0.15) is 5.54 Å². The van der Waals surface area contributed by atoms with Crippen molar-refractivity contribution >= 4 is 5.97 Å². The van der Waals surface area contributed by atoms with Crippen LogP contribution in [0.1, 0.15) is 18.1 Å². The van der Waals surface area contributed by atoms with Gasteiger partial charge in [0.15, 0.2) is 0 Å². The largest absolute Gasteiger partial charge is 0.467 e. The summed E-state index contributed by atoms with van der Waals surface area (Å²) in [6.45, 7) is 2.57. The highest BCUT2D eigenvalue weighted by molar-refractivity contribution is 5.82. The lowest BCUT2D eigenvalue weighted by Crippen LogP contribution is -2.48. The van der Waals surface area contributed by atoms with Crippen molar-refractivity contribution < 1.29 is 9.53 Å². The Morgan fingerprint density at radius 1 is 1.05 bits per heavy atom. The van der Waals surface area contributed by atoms with Gasteiger partial charge in [0, 0.05) is 6.54 Å². The van der Waals surface area contributed by atoms with Gasteiger partial charge in [-0.25, -0.2) is 4.79 Å². The number of hydrogen-bond acceptors (Lipinski definition) is 3. The van der Waals surface area contributed by atoms with Crippen LogP contribution in [0.25, 0.3) is 0 Å². The van der Waals surface area contributed by atoms with Crippen molar-refractivity contribution in [1.82, 2.24) is 4.90 Å². The Hall–Kier alpha value is -2.13. The number of nitrogens with zero attached hydrogens (tertiary/aromatic N) is 1. The molecule has 0 amide bonds. The Morgan fingerprint density at radius 2 is 1.57 bits per heavy atom. The quantitative estimate of drug-likeness (QED) is 0.789. The highest BCUT2D eigenvalue weighted by Gasteiger charge is 2.40. The Bertz CT molecular complexity index is 583. The van der Waals surface area contributed by atoms with Gasteiger partial charge in [-0.05, 0) is 25.1 Å². The van der Waals surface area contributed by atoms with Gasteiger partial charge >= 0.3 is 5.97 Å². The Kier molecular flexibility index (Phi) is 4.76. The highest BCUT2D eigenvalue weighted by Crippen LogP contribution is 2.29. The Morgan fingerprint density at radius 3 is 2.10 bits per heavy atom. The van der Waals surface area contributed by atoms with Gasteiger partial charge < -0.3 is 4.74 Å². The molecule has 3 nitrogen and oxygen atoms in total. The first-order valence-electron chi connectivity index (χ1n) is 6.98. The number of methoxy groups -OCH3 is 1. The summed E-state index contributed by atoms with van der Waals surface area (Å²) in [7, 11) is 3.37. The van der Waals surface area contributed by atoms with Gasteiger partial charge in [-0.15, -0.1) is 0 Å². The van der Waals surface area contributed by atoms with Crippen LogP contribution in [0.5, 0.6) is 0 Å². The van der Waals surface area contributed by atoms with Gasteiger partial charge in [0.2, 0.25) is 0 Å². The summed E-state index contributed by atoms with van der Waals surface area (Å²) in [6, 6.07) is 19.8. The smallest absolute Gasteiger partial charge is 0.330 e. The third kappa shape index (κ3) is 3.14. The maximum Gasteiger partial charge on any atom is 0.330 e. The highest BCUT2D eigenvalue weighted by atomic mass is 16.5. The molecule has 110 valence electrons. The van der Waals surface area contributed by atoms with Crippen molar-refractivity contribution in [2.45, 2.75) is 19.0 Å². The molecule has 0 saturated heterocycles. The standard InChI is InChI=1S/C18H21NO2/c1-18(17(20)21-3,16-12-8-5-9-13-16)19(2)14-15-10-6-4-7-11-15/h4-13H,14H2,1-3H3/t18-/m1/s1. The van der Waals surface area contributed by atoms with E-state index in [1.807, 2.05) is 67.4 Å². The number of esters is 1. The predicted molar refractivity (Wildman–Crippen MR) is 83.7 cm³/mol. The van der Waals surface area contributed by atoms with Crippen molar-refractivity contribution in [1.29, 1.82) is 0 Å². The molecule has 0 bridgehead atoms. The first-order chi connectivity index (χ1) is 10.1. The fourth-order valence-electron chi connectivity index (χ4n) is 2.47. The molecule has 2 aromatic carbocycles. The predicted octanol–water partition coefficient (Wildman–Crippen LogP) is 3.21. The van der Waals surface area contributed by atoms with Gasteiger partial charge in [-0.1, -0.05) is 60.7 Å². The third-order valence-corrected chi connectivity index (χ3v) is 3.94. The lowest BCUT2D eigenvalue weighted by atomic mass is 9.90. The summed E-state index contributed by atoms with van der Waals surface area (Å²) in [5, 5.41) is 0. The molecule has 0 aromatic heterocycles. The first kappa shape index (κ1) is 15.3. The summed E-state index contributed by atoms with van der Waals surface area (Å²) in [4.78, 5) is 14.4. The lowest BCUT2D eigenvalue weighted by molar-refractivity contribution is -0.154. The molecule has 0 fully saturated rings. The minimum atomic E-state index is -0.814. The van der Waals surface area contributed by atoms with Crippen LogP contribution in [-0.4, -0.2) is 25.0 Å². The lowest BCUT2D eigenvalue weighted by Gasteiger charge is -2.36. The van der Waals surface area contributed by atoms with Gasteiger partial charge in [0.05, 0.1) is 7.11 Å². The molecule has 2 rings (SSSR count). The summed E-state index contributed by atoms with van der Waals surface area (Å²) in [6.07, 6.45) is 0. The maximum atomic E-state index is 12.4. The van der Waals surface area contributed by atoms with E-state index in [4.69, 9.17) is 4.74 Å². The molecule has 2 aromatic rings. The SMILES string of the molecule is COC(=O)[C@@](C)(c1ccccc1)N(C)Cc1ccccc1. The number of carbonyl (C=O) groups is 1. The maximum absolute atomic E-state index is 12.4. The fraction of sp³-hybridized carbons (Fsp3) is 0.278. The molecule has 0 spiro atoms. The van der Waals surface area contributed by atoms with Crippen molar-refractivity contribution in [3.63, 3.8) is 0 Å². The van der Waals surface area contributed by atoms with Crippen molar-refractivity contribution in [2.24, 2.45) is 0 Å². The van der Waals surface area contributed by atoms with Crippen LogP contribution in [0.3, 0.4) is 0 Å². The number of carbonyl (C=O) groups excluding carboxylic acids is 1. The molecular weight excluding hydrogens is 262 g/mol. The molecule has 0 saturated carbocycles. The van der Waals surface area contributed by atoms with Crippen LogP contribution in [-0.2, 0) is 21.6 Å². The molecule has 0 aliphatic carbocycles. The second-order valence-corrected chi connectivity index (χ2v) is 5.27. The Balaban J connectivity index is 2.34. The summed E-state index contributed by atoms with van der Waals surface area (Å²) in [5.74, 6) is -0.257. The second-order valence-electron chi connectivity index (χ2n) is 5.27. The van der Waals surface area contributed by atoms with Crippen LogP contribution >= 0.6 is 0 Å². The molecule has 1 atom stereocenters. The monoisotopic (exact) mass is 283 g/mol. The van der Waals surface area contributed by atoms with E-state index >= 15 is 0 Å². The zero-order chi connectivity index (χ0) is 15.3. The summed E-state index contributed by atoms with van der Waals surface area (Å²) in [5.41, 5.74) is 1.27. The van der Waals surface area contributed by atoms with E-state index in [1.54, 1.807) is 0 Å². The first-order valence-corrected chi connectivity index (χ1v) is 6.98. The molecular formula is C18H21NO2. The van der Waals surface area contributed by atoms with Crippen molar-refractivity contribution in [3.05, 3.63) is 71.8 Å². The van der Waals surface area contributed by atoms with E-state index in [0.717, 1.165) is 11.1 Å². The van der Waals surface area contributed by atoms with Crippen LogP contribution in [0.4, 0.5) is 0 Å². The van der Waals surface area contributed by atoms with E-state index in [1.165, 1.54) is 7.11 Å². The van der Waals surface area contributed by atoms with E-state index in [9.17, 15) is 4.79 Å². The molecule has 21 heavy (non-hydrogen) atoms. The molecule has 0 aliphatic heterocycles. The summed E-state index contributed by atoms with van der Waals surface area (Å²) >= 11 is 0.